The van der Waals surface area contributed by atoms with Crippen molar-refractivity contribution >= 4 is 0 Å². The summed E-state index contributed by atoms with van der Waals surface area (Å²) < 4.78 is 20.0. The van der Waals surface area contributed by atoms with Gasteiger partial charge in [-0.05, 0) is 13.0 Å². The van der Waals surface area contributed by atoms with Gasteiger partial charge in [0.1, 0.15) is 23.2 Å². The predicted molar refractivity (Wildman–Crippen MR) is 78.3 cm³/mol. The van der Waals surface area contributed by atoms with E-state index in [1.54, 1.807) is 6.07 Å². The fourth-order valence-electron chi connectivity index (χ4n) is 2.66. The second kappa shape index (κ2) is 5.18. The first-order valence-corrected chi connectivity index (χ1v) is 6.73. The third-order valence-corrected chi connectivity index (χ3v) is 3.76. The lowest BCUT2D eigenvalue weighted by Crippen LogP contribution is -2.32. The van der Waals surface area contributed by atoms with E-state index in [4.69, 9.17) is 10.5 Å². The molecule has 1 aliphatic heterocycles. The molecule has 3 N–H and O–H groups in total. The van der Waals surface area contributed by atoms with Gasteiger partial charge in [0, 0.05) is 11.6 Å². The Morgan fingerprint density at radius 1 is 1.43 bits per heavy atom. The molecule has 1 atom stereocenters. The van der Waals surface area contributed by atoms with Gasteiger partial charge in [0.25, 0.3) is 5.56 Å². The van der Waals surface area contributed by atoms with E-state index in [0.717, 1.165) is 0 Å². The van der Waals surface area contributed by atoms with Crippen LogP contribution in [0.3, 0.4) is 0 Å². The number of nitrogens with zero attached hydrogens (tertiary/aromatic N) is 2. The monoisotopic (exact) mass is 313 g/mol. The molecule has 1 aromatic heterocycles. The number of rotatable bonds is 1. The van der Waals surface area contributed by atoms with Crippen LogP contribution >= 0.6 is 0 Å². The SMILES string of the molecule is Cc1cc2c(c(=O)n1O)C(c1ccccc1F)C(C#N)=C(N)O2. The minimum absolute atomic E-state index is 0.0334. The maximum absolute atomic E-state index is 14.2. The number of allylic oxidation sites excluding steroid dienone is 1. The highest BCUT2D eigenvalue weighted by atomic mass is 19.1. The normalized spacial score (nSPS) is 16.5. The number of aromatic nitrogens is 1. The van der Waals surface area contributed by atoms with Crippen molar-refractivity contribution in [1.82, 2.24) is 4.73 Å². The van der Waals surface area contributed by atoms with Gasteiger partial charge in [0.15, 0.2) is 0 Å². The van der Waals surface area contributed by atoms with Crippen LogP contribution in [-0.2, 0) is 0 Å². The molecule has 116 valence electrons. The Bertz CT molecular complexity index is 941. The molecular formula is C16H12FN3O3. The molecule has 6 nitrogen and oxygen atoms in total. The van der Waals surface area contributed by atoms with Gasteiger partial charge in [-0.25, -0.2) is 4.39 Å². The molecule has 2 aromatic rings. The molecule has 0 aliphatic carbocycles. The number of nitriles is 1. The molecule has 3 rings (SSSR count). The second-order valence-electron chi connectivity index (χ2n) is 5.13. The highest BCUT2D eigenvalue weighted by Gasteiger charge is 2.35. The Labute approximate surface area is 130 Å². The number of nitrogens with two attached hydrogens (primary N) is 1. The molecule has 0 fully saturated rings. The van der Waals surface area contributed by atoms with Crippen LogP contribution < -0.4 is 16.0 Å². The average molecular weight is 313 g/mol. The van der Waals surface area contributed by atoms with Gasteiger partial charge < -0.3 is 15.7 Å². The van der Waals surface area contributed by atoms with Crippen LogP contribution in [0.15, 0.2) is 46.6 Å². The van der Waals surface area contributed by atoms with Crippen molar-refractivity contribution in [3.8, 4) is 11.8 Å². The number of fused-ring (bicyclic) bond motifs is 1. The van der Waals surface area contributed by atoms with Crippen molar-refractivity contribution in [3.63, 3.8) is 0 Å². The van der Waals surface area contributed by atoms with Crippen molar-refractivity contribution in [2.45, 2.75) is 12.8 Å². The molecular weight excluding hydrogens is 301 g/mol. The minimum Gasteiger partial charge on any atom is -0.440 e. The average Bonchev–Trinajstić information content (AvgIpc) is 2.52. The largest absolute Gasteiger partial charge is 0.440 e. The van der Waals surface area contributed by atoms with E-state index in [0.29, 0.717) is 4.73 Å². The molecule has 7 heteroatoms. The minimum atomic E-state index is -1.04. The van der Waals surface area contributed by atoms with Crippen LogP contribution in [0.1, 0.15) is 22.7 Å². The maximum Gasteiger partial charge on any atom is 0.291 e. The van der Waals surface area contributed by atoms with Crippen LogP contribution in [-0.4, -0.2) is 9.94 Å². The first-order valence-electron chi connectivity index (χ1n) is 6.73. The summed E-state index contributed by atoms with van der Waals surface area (Å²) in [5, 5.41) is 19.2. The van der Waals surface area contributed by atoms with Crippen molar-refractivity contribution in [2.24, 2.45) is 5.73 Å². The van der Waals surface area contributed by atoms with E-state index in [-0.39, 0.29) is 34.0 Å². The topological polar surface area (TPSA) is 101 Å². The highest BCUT2D eigenvalue weighted by molar-refractivity contribution is 5.55. The predicted octanol–water partition coefficient (Wildman–Crippen LogP) is 1.75. The van der Waals surface area contributed by atoms with Gasteiger partial charge in [0.05, 0.1) is 17.2 Å². The third-order valence-electron chi connectivity index (χ3n) is 3.76. The molecule has 23 heavy (non-hydrogen) atoms. The van der Waals surface area contributed by atoms with Crippen molar-refractivity contribution in [1.29, 1.82) is 5.26 Å². The van der Waals surface area contributed by atoms with Crippen molar-refractivity contribution < 1.29 is 14.3 Å². The van der Waals surface area contributed by atoms with Gasteiger partial charge in [0.2, 0.25) is 5.88 Å². The van der Waals surface area contributed by atoms with Gasteiger partial charge in [-0.3, -0.25) is 4.79 Å². The van der Waals surface area contributed by atoms with Crippen molar-refractivity contribution in [3.05, 3.63) is 74.8 Å². The standard InChI is InChI=1S/C16H12FN3O3/c1-8-6-12-14(16(21)20(8)22)13(10(7-18)15(19)23-12)9-4-2-3-5-11(9)17/h2-6,13,22H,19H2,1H3. The zero-order valence-corrected chi connectivity index (χ0v) is 12.1. The first-order chi connectivity index (χ1) is 11.0. The van der Waals surface area contributed by atoms with Crippen LogP contribution in [0.25, 0.3) is 0 Å². The molecule has 1 aromatic carbocycles. The third kappa shape index (κ3) is 2.12. The quantitative estimate of drug-likeness (QED) is 0.781. The van der Waals surface area contributed by atoms with Crippen LogP contribution in [0, 0.1) is 24.1 Å². The molecule has 2 heterocycles. The number of benzene rings is 1. The van der Waals surface area contributed by atoms with Crippen LogP contribution in [0.2, 0.25) is 0 Å². The summed E-state index contributed by atoms with van der Waals surface area (Å²) in [6, 6.07) is 9.04. The molecule has 0 spiro atoms. The smallest absolute Gasteiger partial charge is 0.291 e. The molecule has 0 saturated carbocycles. The summed E-state index contributed by atoms with van der Waals surface area (Å²) in [6.07, 6.45) is 0. The molecule has 1 aliphatic rings. The zero-order chi connectivity index (χ0) is 16.7. The van der Waals surface area contributed by atoms with E-state index in [9.17, 15) is 19.7 Å². The Hall–Kier alpha value is -3.27. The van der Waals surface area contributed by atoms with Gasteiger partial charge in [-0.1, -0.05) is 18.2 Å². The van der Waals surface area contributed by atoms with E-state index < -0.39 is 17.3 Å². The molecule has 0 amide bonds. The van der Waals surface area contributed by atoms with Crippen molar-refractivity contribution in [2.75, 3.05) is 0 Å². The first kappa shape index (κ1) is 14.7. The number of ether oxygens (including phenoxy) is 1. The number of halogens is 1. The summed E-state index contributed by atoms with van der Waals surface area (Å²) in [5.74, 6) is -1.72. The number of aryl methyl sites for hydroxylation is 1. The summed E-state index contributed by atoms with van der Waals surface area (Å²) in [4.78, 5) is 12.4. The Morgan fingerprint density at radius 3 is 2.78 bits per heavy atom. The lowest BCUT2D eigenvalue weighted by Gasteiger charge is -2.26. The second-order valence-corrected chi connectivity index (χ2v) is 5.13. The summed E-state index contributed by atoms with van der Waals surface area (Å²) >= 11 is 0. The Balaban J connectivity index is 2.39. The van der Waals surface area contributed by atoms with Crippen LogP contribution in [0.5, 0.6) is 5.75 Å². The Morgan fingerprint density at radius 2 is 2.13 bits per heavy atom. The van der Waals surface area contributed by atoms with Gasteiger partial charge in [-0.2, -0.15) is 9.99 Å². The van der Waals surface area contributed by atoms with Gasteiger partial charge in [-0.15, -0.1) is 0 Å². The maximum atomic E-state index is 14.2. The zero-order valence-electron chi connectivity index (χ0n) is 12.1. The molecule has 1 unspecified atom stereocenters. The number of hydrogen-bond acceptors (Lipinski definition) is 5. The van der Waals surface area contributed by atoms with E-state index in [1.165, 1.54) is 31.2 Å². The fourth-order valence-corrected chi connectivity index (χ4v) is 2.66. The lowest BCUT2D eigenvalue weighted by molar-refractivity contribution is 0.165. The number of hydrogen-bond donors (Lipinski definition) is 2. The summed E-state index contributed by atoms with van der Waals surface area (Å²) in [7, 11) is 0. The summed E-state index contributed by atoms with van der Waals surface area (Å²) in [6.45, 7) is 1.50. The van der Waals surface area contributed by atoms with E-state index in [1.807, 2.05) is 6.07 Å². The van der Waals surface area contributed by atoms with E-state index in [2.05, 4.69) is 0 Å². The van der Waals surface area contributed by atoms with Crippen LogP contribution in [0.4, 0.5) is 4.39 Å². The van der Waals surface area contributed by atoms with Gasteiger partial charge >= 0.3 is 0 Å². The summed E-state index contributed by atoms with van der Waals surface area (Å²) in [5.41, 5.74) is 5.20. The molecule has 0 radical (unpaired) electrons. The molecule has 0 saturated heterocycles. The fraction of sp³-hybridized carbons (Fsp3) is 0.125. The number of pyridine rings is 1. The Kier molecular flexibility index (Phi) is 3.30. The van der Waals surface area contributed by atoms with E-state index >= 15 is 0 Å². The lowest BCUT2D eigenvalue weighted by atomic mass is 9.84. The molecule has 0 bridgehead atoms. The highest BCUT2D eigenvalue weighted by Crippen LogP contribution is 2.41.